The highest BCUT2D eigenvalue weighted by Gasteiger charge is 2.13. The maximum absolute atomic E-state index is 4.51. The normalized spacial score (nSPS) is 18.8. The van der Waals surface area contributed by atoms with Crippen LogP contribution in [0.5, 0.6) is 0 Å². The highest BCUT2D eigenvalue weighted by molar-refractivity contribution is 7.99. The molecule has 3 nitrogen and oxygen atoms in total. The average molecular weight is 301 g/mol. The van der Waals surface area contributed by atoms with Crippen LogP contribution in [0.25, 0.3) is 0 Å². The molecule has 1 aromatic heterocycles. The van der Waals surface area contributed by atoms with E-state index in [0.717, 1.165) is 19.5 Å². The first-order chi connectivity index (χ1) is 10.4. The minimum Gasteiger partial charge on any atom is -0.330 e. The predicted molar refractivity (Wildman–Crippen MR) is 89.8 cm³/mol. The van der Waals surface area contributed by atoms with Crippen LogP contribution in [0.4, 0.5) is 0 Å². The molecule has 4 heteroatoms. The lowest BCUT2D eigenvalue weighted by Crippen LogP contribution is -2.35. The van der Waals surface area contributed by atoms with E-state index in [4.69, 9.17) is 0 Å². The van der Waals surface area contributed by atoms with Gasteiger partial charge in [-0.25, -0.2) is 4.98 Å². The fraction of sp³-hybridized carbons (Fsp3) is 0.471. The summed E-state index contributed by atoms with van der Waals surface area (Å²) in [5.74, 6) is 3.77. The van der Waals surface area contributed by atoms with Gasteiger partial charge in [0.15, 0.2) is 0 Å². The second-order valence-electron chi connectivity index (χ2n) is 5.58. The molecule has 1 fully saturated rings. The van der Waals surface area contributed by atoms with Crippen molar-refractivity contribution in [2.75, 3.05) is 18.1 Å². The molecule has 2 heterocycles. The van der Waals surface area contributed by atoms with Crippen LogP contribution in [0, 0.1) is 0 Å². The summed E-state index contributed by atoms with van der Waals surface area (Å²) in [4.78, 5) is 4.51. The highest BCUT2D eigenvalue weighted by atomic mass is 32.2. The Morgan fingerprint density at radius 1 is 1.29 bits per heavy atom. The zero-order valence-corrected chi connectivity index (χ0v) is 13.2. The molecule has 112 valence electrons. The van der Waals surface area contributed by atoms with Crippen LogP contribution in [0.1, 0.15) is 24.2 Å². The summed E-state index contributed by atoms with van der Waals surface area (Å²) in [7, 11) is 0. The van der Waals surface area contributed by atoms with Crippen LogP contribution in [-0.2, 0) is 13.0 Å². The number of benzene rings is 1. The number of aromatic nitrogens is 2. The Bertz CT molecular complexity index is 532. The van der Waals surface area contributed by atoms with E-state index in [1.807, 2.05) is 6.20 Å². The van der Waals surface area contributed by atoms with Crippen molar-refractivity contribution in [2.45, 2.75) is 31.8 Å². The van der Waals surface area contributed by atoms with E-state index in [1.165, 1.54) is 35.7 Å². The first kappa shape index (κ1) is 14.7. The lowest BCUT2D eigenvalue weighted by atomic mass is 10.2. The molecule has 0 spiro atoms. The van der Waals surface area contributed by atoms with Crippen LogP contribution in [0.2, 0.25) is 0 Å². The lowest BCUT2D eigenvalue weighted by molar-refractivity contribution is 0.504. The highest BCUT2D eigenvalue weighted by Crippen LogP contribution is 2.16. The van der Waals surface area contributed by atoms with Crippen molar-refractivity contribution in [3.05, 3.63) is 54.1 Å². The molecule has 1 aliphatic rings. The van der Waals surface area contributed by atoms with Crippen LogP contribution < -0.4 is 5.32 Å². The summed E-state index contributed by atoms with van der Waals surface area (Å²) < 4.78 is 2.26. The number of rotatable bonds is 6. The Labute approximate surface area is 131 Å². The van der Waals surface area contributed by atoms with Gasteiger partial charge in [-0.05, 0) is 24.2 Å². The Morgan fingerprint density at radius 3 is 3.00 bits per heavy atom. The number of thioether (sulfide) groups is 1. The molecule has 21 heavy (non-hydrogen) atoms. The van der Waals surface area contributed by atoms with E-state index in [9.17, 15) is 0 Å². The third kappa shape index (κ3) is 4.35. The van der Waals surface area contributed by atoms with Crippen molar-refractivity contribution in [1.82, 2.24) is 14.9 Å². The van der Waals surface area contributed by atoms with Gasteiger partial charge in [0.1, 0.15) is 5.82 Å². The van der Waals surface area contributed by atoms with Crippen molar-refractivity contribution < 1.29 is 0 Å². The number of nitrogens with zero attached hydrogens (tertiary/aromatic N) is 2. The van der Waals surface area contributed by atoms with E-state index >= 15 is 0 Å². The zero-order chi connectivity index (χ0) is 14.3. The topological polar surface area (TPSA) is 29.9 Å². The molecule has 1 unspecified atom stereocenters. The molecule has 2 aromatic rings. The second-order valence-corrected chi connectivity index (χ2v) is 6.72. The first-order valence-electron chi connectivity index (χ1n) is 7.77. The molecule has 0 saturated carbocycles. The average Bonchev–Trinajstić information content (AvgIpc) is 2.97. The molecule has 1 aromatic carbocycles. The van der Waals surface area contributed by atoms with Crippen LogP contribution in [0.3, 0.4) is 0 Å². The predicted octanol–water partition coefficient (Wildman–Crippen LogP) is 2.96. The maximum Gasteiger partial charge on any atom is 0.110 e. The van der Waals surface area contributed by atoms with Gasteiger partial charge in [0.25, 0.3) is 0 Å². The standard InChI is InChI=1S/C17H23N3S/c1-2-5-15(6-3-1)13-20-11-10-19-17(20)8-9-18-16-7-4-12-21-14-16/h1-3,5-6,10-11,16,18H,4,7-9,12-14H2. The van der Waals surface area contributed by atoms with E-state index in [2.05, 4.69) is 63.2 Å². The largest absolute Gasteiger partial charge is 0.330 e. The Balaban J connectivity index is 1.50. The molecule has 0 aliphatic carbocycles. The molecular formula is C17H23N3S. The SMILES string of the molecule is c1ccc(Cn2ccnc2CCNC2CCCSC2)cc1. The van der Waals surface area contributed by atoms with Crippen molar-refractivity contribution in [3.63, 3.8) is 0 Å². The van der Waals surface area contributed by atoms with E-state index in [-0.39, 0.29) is 0 Å². The Morgan fingerprint density at radius 2 is 2.19 bits per heavy atom. The third-order valence-corrected chi connectivity index (χ3v) is 5.15. The quantitative estimate of drug-likeness (QED) is 0.889. The molecule has 0 amide bonds. The summed E-state index contributed by atoms with van der Waals surface area (Å²) in [5, 5.41) is 3.68. The van der Waals surface area contributed by atoms with Gasteiger partial charge in [0.05, 0.1) is 0 Å². The maximum atomic E-state index is 4.51. The summed E-state index contributed by atoms with van der Waals surface area (Å²) in [6.07, 6.45) is 7.67. The van der Waals surface area contributed by atoms with E-state index in [0.29, 0.717) is 6.04 Å². The number of hydrogen-bond acceptors (Lipinski definition) is 3. The minimum atomic E-state index is 0.696. The van der Waals surface area contributed by atoms with E-state index in [1.54, 1.807) is 0 Å². The van der Waals surface area contributed by atoms with Crippen molar-refractivity contribution >= 4 is 11.8 Å². The second kappa shape index (κ2) is 7.66. The Kier molecular flexibility index (Phi) is 5.35. The fourth-order valence-corrected chi connectivity index (χ4v) is 3.89. The van der Waals surface area contributed by atoms with Gasteiger partial charge >= 0.3 is 0 Å². The van der Waals surface area contributed by atoms with Crippen LogP contribution >= 0.6 is 11.8 Å². The Hall–Kier alpha value is -1.26. The van der Waals surface area contributed by atoms with Gasteiger partial charge < -0.3 is 9.88 Å². The number of hydrogen-bond donors (Lipinski definition) is 1. The van der Waals surface area contributed by atoms with Gasteiger partial charge in [0.2, 0.25) is 0 Å². The molecule has 1 N–H and O–H groups in total. The van der Waals surface area contributed by atoms with Crippen molar-refractivity contribution in [1.29, 1.82) is 0 Å². The first-order valence-corrected chi connectivity index (χ1v) is 8.92. The molecule has 1 atom stereocenters. The van der Waals surface area contributed by atoms with Gasteiger partial charge in [-0.1, -0.05) is 30.3 Å². The summed E-state index contributed by atoms with van der Waals surface area (Å²) in [5.41, 5.74) is 1.33. The van der Waals surface area contributed by atoms with Gasteiger partial charge in [-0.2, -0.15) is 11.8 Å². The van der Waals surface area contributed by atoms with Crippen LogP contribution in [0.15, 0.2) is 42.7 Å². The molecule has 1 aliphatic heterocycles. The third-order valence-electron chi connectivity index (χ3n) is 3.94. The van der Waals surface area contributed by atoms with Crippen molar-refractivity contribution in [2.24, 2.45) is 0 Å². The smallest absolute Gasteiger partial charge is 0.110 e. The van der Waals surface area contributed by atoms with E-state index < -0.39 is 0 Å². The molecular weight excluding hydrogens is 278 g/mol. The van der Waals surface area contributed by atoms with Crippen molar-refractivity contribution in [3.8, 4) is 0 Å². The van der Waals surface area contributed by atoms with Gasteiger partial charge in [-0.3, -0.25) is 0 Å². The summed E-state index contributed by atoms with van der Waals surface area (Å²) in [6.45, 7) is 1.94. The number of nitrogens with one attached hydrogen (secondary N) is 1. The number of imidazole rings is 1. The zero-order valence-electron chi connectivity index (χ0n) is 12.4. The summed E-state index contributed by atoms with van der Waals surface area (Å²) in [6, 6.07) is 11.3. The fourth-order valence-electron chi connectivity index (χ4n) is 2.78. The van der Waals surface area contributed by atoms with Gasteiger partial charge in [0, 0.05) is 43.7 Å². The van der Waals surface area contributed by atoms with Crippen LogP contribution in [-0.4, -0.2) is 33.6 Å². The lowest BCUT2D eigenvalue weighted by Gasteiger charge is -2.22. The monoisotopic (exact) mass is 301 g/mol. The molecule has 0 bridgehead atoms. The minimum absolute atomic E-state index is 0.696. The molecule has 1 saturated heterocycles. The van der Waals surface area contributed by atoms with Gasteiger partial charge in [-0.15, -0.1) is 0 Å². The molecule has 3 rings (SSSR count). The molecule has 0 radical (unpaired) electrons. The summed E-state index contributed by atoms with van der Waals surface area (Å²) >= 11 is 2.07.